The van der Waals surface area contributed by atoms with Crippen molar-refractivity contribution < 1.29 is 13.2 Å². The van der Waals surface area contributed by atoms with Crippen LogP contribution in [0.25, 0.3) is 0 Å². The van der Waals surface area contributed by atoms with Crippen molar-refractivity contribution in [2.45, 2.75) is 45.2 Å². The highest BCUT2D eigenvalue weighted by atomic mass is 32.2. The first-order valence-corrected chi connectivity index (χ1v) is 8.65. The molecule has 0 radical (unpaired) electrons. The predicted molar refractivity (Wildman–Crippen MR) is 75.3 cm³/mol. The van der Waals surface area contributed by atoms with Crippen molar-refractivity contribution in [3.8, 4) is 0 Å². The monoisotopic (exact) mass is 291 g/mol. The lowest BCUT2D eigenvalue weighted by molar-refractivity contribution is -0.132. The molecule has 7 heteroatoms. The van der Waals surface area contributed by atoms with E-state index in [0.29, 0.717) is 44.9 Å². The van der Waals surface area contributed by atoms with Gasteiger partial charge in [-0.2, -0.15) is 0 Å². The molecular formula is C12H25N3O3S. The van der Waals surface area contributed by atoms with Crippen LogP contribution in [0.15, 0.2) is 0 Å². The number of likely N-dealkylation sites (tertiary alicyclic amines) is 1. The normalized spacial score (nSPS) is 18.0. The van der Waals surface area contributed by atoms with Crippen LogP contribution in [0.5, 0.6) is 0 Å². The van der Waals surface area contributed by atoms with Crippen molar-refractivity contribution in [1.29, 1.82) is 0 Å². The number of nitrogens with zero attached hydrogens (tertiary/aromatic N) is 1. The van der Waals surface area contributed by atoms with Crippen molar-refractivity contribution in [2.75, 3.05) is 25.9 Å². The molecule has 0 atom stereocenters. The number of rotatable bonds is 6. The van der Waals surface area contributed by atoms with Gasteiger partial charge in [-0.05, 0) is 12.8 Å². The van der Waals surface area contributed by atoms with Crippen molar-refractivity contribution in [3.63, 3.8) is 0 Å². The fourth-order valence-electron chi connectivity index (χ4n) is 2.18. The number of carbonyl (C=O) groups is 1. The van der Waals surface area contributed by atoms with Gasteiger partial charge in [-0.15, -0.1) is 0 Å². The molecule has 1 amide bonds. The Labute approximate surface area is 116 Å². The zero-order valence-electron chi connectivity index (χ0n) is 12.0. The largest absolute Gasteiger partial charge is 0.343 e. The van der Waals surface area contributed by atoms with Gasteiger partial charge < -0.3 is 10.2 Å². The Hall–Kier alpha value is -0.660. The van der Waals surface area contributed by atoms with Crippen molar-refractivity contribution >= 4 is 15.9 Å². The maximum Gasteiger partial charge on any atom is 0.223 e. The molecule has 0 aliphatic carbocycles. The SMILES string of the molecule is CC(C)NCCC(=O)N1CCC(NS(C)(=O)=O)CC1. The van der Waals surface area contributed by atoms with E-state index >= 15 is 0 Å². The van der Waals surface area contributed by atoms with Gasteiger partial charge in [-0.3, -0.25) is 4.79 Å². The van der Waals surface area contributed by atoms with Crippen LogP contribution in [0.2, 0.25) is 0 Å². The predicted octanol–water partition coefficient (Wildman–Crippen LogP) is -0.0853. The number of sulfonamides is 1. The molecule has 1 heterocycles. The zero-order valence-corrected chi connectivity index (χ0v) is 12.8. The molecule has 1 aliphatic rings. The molecule has 1 rings (SSSR count). The Kier molecular flexibility index (Phi) is 6.22. The van der Waals surface area contributed by atoms with E-state index in [1.807, 2.05) is 18.7 Å². The van der Waals surface area contributed by atoms with Gasteiger partial charge in [0.2, 0.25) is 15.9 Å². The number of amides is 1. The first-order chi connectivity index (χ1) is 8.78. The molecule has 6 nitrogen and oxygen atoms in total. The minimum absolute atomic E-state index is 0.0344. The highest BCUT2D eigenvalue weighted by Gasteiger charge is 2.24. The summed E-state index contributed by atoms with van der Waals surface area (Å²) < 4.78 is 24.8. The fourth-order valence-corrected chi connectivity index (χ4v) is 3.02. The summed E-state index contributed by atoms with van der Waals surface area (Å²) >= 11 is 0. The molecule has 0 spiro atoms. The van der Waals surface area contributed by atoms with E-state index in [4.69, 9.17) is 0 Å². The second-order valence-electron chi connectivity index (χ2n) is 5.40. The summed E-state index contributed by atoms with van der Waals surface area (Å²) in [4.78, 5) is 13.7. The molecule has 19 heavy (non-hydrogen) atoms. The van der Waals surface area contributed by atoms with Crippen LogP contribution in [0.3, 0.4) is 0 Å². The van der Waals surface area contributed by atoms with E-state index in [1.54, 1.807) is 0 Å². The molecule has 112 valence electrons. The number of carbonyl (C=O) groups excluding carboxylic acids is 1. The molecule has 0 saturated carbocycles. The highest BCUT2D eigenvalue weighted by Crippen LogP contribution is 2.12. The van der Waals surface area contributed by atoms with Gasteiger partial charge in [0.05, 0.1) is 6.26 Å². The molecule has 0 aromatic carbocycles. The van der Waals surface area contributed by atoms with E-state index in [2.05, 4.69) is 10.0 Å². The van der Waals surface area contributed by atoms with Crippen molar-refractivity contribution in [3.05, 3.63) is 0 Å². The van der Waals surface area contributed by atoms with Crippen LogP contribution in [0.4, 0.5) is 0 Å². The van der Waals surface area contributed by atoms with Gasteiger partial charge in [0.25, 0.3) is 0 Å². The summed E-state index contributed by atoms with van der Waals surface area (Å²) in [7, 11) is -3.15. The molecule has 1 aliphatic heterocycles. The summed E-state index contributed by atoms with van der Waals surface area (Å²) in [6.45, 7) is 6.05. The van der Waals surface area contributed by atoms with Crippen LogP contribution >= 0.6 is 0 Å². The molecule has 0 aromatic rings. The quantitative estimate of drug-likeness (QED) is 0.717. The number of nitrogens with one attached hydrogen (secondary N) is 2. The van der Waals surface area contributed by atoms with Crippen LogP contribution in [-0.4, -0.2) is 57.2 Å². The van der Waals surface area contributed by atoms with Gasteiger partial charge >= 0.3 is 0 Å². The van der Waals surface area contributed by atoms with Crippen LogP contribution < -0.4 is 10.0 Å². The third-order valence-electron chi connectivity index (χ3n) is 3.12. The third kappa shape index (κ3) is 6.89. The number of hydrogen-bond donors (Lipinski definition) is 2. The van der Waals surface area contributed by atoms with Crippen LogP contribution in [0, 0.1) is 0 Å². The van der Waals surface area contributed by atoms with Gasteiger partial charge in [-0.25, -0.2) is 13.1 Å². The van der Waals surface area contributed by atoms with Gasteiger partial charge in [0, 0.05) is 38.1 Å². The lowest BCUT2D eigenvalue weighted by Crippen LogP contribution is -2.46. The standard InChI is InChI=1S/C12H25N3O3S/c1-10(2)13-7-4-12(16)15-8-5-11(6-9-15)14-19(3,17)18/h10-11,13-14H,4-9H2,1-3H3. The minimum Gasteiger partial charge on any atom is -0.343 e. The Morgan fingerprint density at radius 1 is 1.32 bits per heavy atom. The van der Waals surface area contributed by atoms with Crippen molar-refractivity contribution in [2.24, 2.45) is 0 Å². The van der Waals surface area contributed by atoms with Gasteiger partial charge in [0.15, 0.2) is 0 Å². The molecule has 2 N–H and O–H groups in total. The number of hydrogen-bond acceptors (Lipinski definition) is 4. The maximum absolute atomic E-state index is 11.9. The Balaban J connectivity index is 2.27. The summed E-state index contributed by atoms with van der Waals surface area (Å²) in [5.74, 6) is 0.144. The highest BCUT2D eigenvalue weighted by molar-refractivity contribution is 7.88. The number of piperidine rings is 1. The van der Waals surface area contributed by atoms with E-state index in [0.717, 1.165) is 0 Å². The van der Waals surface area contributed by atoms with E-state index < -0.39 is 10.0 Å². The summed E-state index contributed by atoms with van der Waals surface area (Å²) in [5.41, 5.74) is 0. The van der Waals surface area contributed by atoms with Crippen molar-refractivity contribution in [1.82, 2.24) is 14.9 Å². The maximum atomic E-state index is 11.9. The van der Waals surface area contributed by atoms with Gasteiger partial charge in [-0.1, -0.05) is 13.8 Å². The summed E-state index contributed by atoms with van der Waals surface area (Å²) in [6, 6.07) is 0.352. The Morgan fingerprint density at radius 3 is 2.37 bits per heavy atom. The third-order valence-corrected chi connectivity index (χ3v) is 3.88. The van der Waals surface area contributed by atoms with Gasteiger partial charge in [0.1, 0.15) is 0 Å². The summed E-state index contributed by atoms with van der Waals surface area (Å²) in [5, 5.41) is 3.22. The molecular weight excluding hydrogens is 266 g/mol. The lowest BCUT2D eigenvalue weighted by Gasteiger charge is -2.32. The topological polar surface area (TPSA) is 78.5 Å². The lowest BCUT2D eigenvalue weighted by atomic mass is 10.1. The van der Waals surface area contributed by atoms with Crippen LogP contribution in [0.1, 0.15) is 33.1 Å². The second-order valence-corrected chi connectivity index (χ2v) is 7.18. The second kappa shape index (κ2) is 7.21. The summed E-state index contributed by atoms with van der Waals surface area (Å²) in [6.07, 6.45) is 3.05. The first kappa shape index (κ1) is 16.4. The average Bonchev–Trinajstić information content (AvgIpc) is 2.27. The zero-order chi connectivity index (χ0) is 14.5. The van der Waals surface area contributed by atoms with E-state index in [1.165, 1.54) is 6.26 Å². The average molecular weight is 291 g/mol. The molecule has 0 unspecified atom stereocenters. The minimum atomic E-state index is -3.15. The molecule has 0 aromatic heterocycles. The smallest absolute Gasteiger partial charge is 0.223 e. The van der Waals surface area contributed by atoms with E-state index in [9.17, 15) is 13.2 Å². The van der Waals surface area contributed by atoms with E-state index in [-0.39, 0.29) is 11.9 Å². The molecule has 1 saturated heterocycles. The fraction of sp³-hybridized carbons (Fsp3) is 0.917. The Morgan fingerprint density at radius 2 is 1.89 bits per heavy atom. The first-order valence-electron chi connectivity index (χ1n) is 6.76. The molecule has 0 bridgehead atoms. The molecule has 1 fully saturated rings. The van der Waals surface area contributed by atoms with Crippen LogP contribution in [-0.2, 0) is 14.8 Å². The Bertz CT molecular complexity index is 387.